The predicted octanol–water partition coefficient (Wildman–Crippen LogP) is 3.32. The molecule has 1 aromatic carbocycles. The summed E-state index contributed by atoms with van der Waals surface area (Å²) in [6.07, 6.45) is 1.14. The van der Waals surface area contributed by atoms with Crippen LogP contribution in [0.25, 0.3) is 0 Å². The van der Waals surface area contributed by atoms with E-state index in [1.54, 1.807) is 6.07 Å². The van der Waals surface area contributed by atoms with Crippen molar-refractivity contribution < 1.29 is 9.53 Å². The molecule has 0 fully saturated rings. The van der Waals surface area contributed by atoms with Gasteiger partial charge in [-0.25, -0.2) is 4.79 Å². The van der Waals surface area contributed by atoms with Gasteiger partial charge in [-0.05, 0) is 31.0 Å². The van der Waals surface area contributed by atoms with Crippen molar-refractivity contribution in [2.75, 3.05) is 18.5 Å². The molecule has 94 valence electrons. The van der Waals surface area contributed by atoms with Gasteiger partial charge in [0.1, 0.15) is 0 Å². The third-order valence-electron chi connectivity index (χ3n) is 2.73. The summed E-state index contributed by atoms with van der Waals surface area (Å²) in [4.78, 5) is 11.5. The van der Waals surface area contributed by atoms with Gasteiger partial charge in [-0.3, -0.25) is 0 Å². The van der Waals surface area contributed by atoms with Gasteiger partial charge in [0.2, 0.25) is 0 Å². The first-order valence-electron chi connectivity index (χ1n) is 6.18. The molecule has 1 rings (SSSR count). The van der Waals surface area contributed by atoms with E-state index in [2.05, 4.69) is 19.2 Å². The predicted molar refractivity (Wildman–Crippen MR) is 70.3 cm³/mol. The molecule has 3 heteroatoms. The zero-order valence-electron chi connectivity index (χ0n) is 10.8. The molecule has 1 N–H and O–H groups in total. The average Bonchev–Trinajstić information content (AvgIpc) is 2.36. The number of carbonyl (C=O) groups excluding carboxylic acids is 1. The molecular weight excluding hydrogens is 214 g/mol. The van der Waals surface area contributed by atoms with Crippen LogP contribution in [0, 0.1) is 5.92 Å². The second-order valence-corrected chi connectivity index (χ2v) is 4.20. The van der Waals surface area contributed by atoms with Crippen molar-refractivity contribution in [3.63, 3.8) is 0 Å². The Labute approximate surface area is 103 Å². The lowest BCUT2D eigenvalue weighted by Gasteiger charge is -2.12. The van der Waals surface area contributed by atoms with Gasteiger partial charge in [-0.2, -0.15) is 0 Å². The monoisotopic (exact) mass is 235 g/mol. The van der Waals surface area contributed by atoms with Crippen LogP contribution in [0.4, 0.5) is 5.69 Å². The molecule has 3 nitrogen and oxygen atoms in total. The first kappa shape index (κ1) is 13.6. The highest BCUT2D eigenvalue weighted by molar-refractivity contribution is 5.90. The minimum Gasteiger partial charge on any atom is -0.462 e. The van der Waals surface area contributed by atoms with Gasteiger partial charge in [0.25, 0.3) is 0 Å². The number of anilines is 1. The molecular formula is C14H21NO2. The Morgan fingerprint density at radius 3 is 2.82 bits per heavy atom. The molecule has 0 amide bonds. The first-order valence-corrected chi connectivity index (χ1v) is 6.18. The van der Waals surface area contributed by atoms with Crippen molar-refractivity contribution in [3.8, 4) is 0 Å². The normalized spacial score (nSPS) is 11.9. The number of esters is 1. The van der Waals surface area contributed by atoms with E-state index < -0.39 is 0 Å². The van der Waals surface area contributed by atoms with Crippen LogP contribution in [0.2, 0.25) is 0 Å². The van der Waals surface area contributed by atoms with Crippen molar-refractivity contribution in [1.82, 2.24) is 0 Å². The van der Waals surface area contributed by atoms with E-state index in [4.69, 9.17) is 4.74 Å². The Balaban J connectivity index is 2.62. The summed E-state index contributed by atoms with van der Waals surface area (Å²) in [5.74, 6) is 0.362. The van der Waals surface area contributed by atoms with E-state index in [9.17, 15) is 4.79 Å². The van der Waals surface area contributed by atoms with Crippen LogP contribution < -0.4 is 5.32 Å². The first-order chi connectivity index (χ1) is 8.17. The van der Waals surface area contributed by atoms with E-state index in [0.29, 0.717) is 18.1 Å². The maximum Gasteiger partial charge on any atom is 0.338 e. The van der Waals surface area contributed by atoms with E-state index in [-0.39, 0.29) is 5.97 Å². The van der Waals surface area contributed by atoms with Crippen molar-refractivity contribution in [1.29, 1.82) is 0 Å². The minimum absolute atomic E-state index is 0.264. The number of benzene rings is 1. The highest BCUT2D eigenvalue weighted by Crippen LogP contribution is 2.13. The fourth-order valence-electron chi connectivity index (χ4n) is 1.41. The van der Waals surface area contributed by atoms with Gasteiger partial charge in [0.05, 0.1) is 12.2 Å². The highest BCUT2D eigenvalue weighted by Gasteiger charge is 2.06. The van der Waals surface area contributed by atoms with Gasteiger partial charge in [-0.1, -0.05) is 26.3 Å². The number of nitrogens with one attached hydrogen (secondary N) is 1. The lowest BCUT2D eigenvalue weighted by molar-refractivity contribution is 0.0526. The molecule has 0 spiro atoms. The van der Waals surface area contributed by atoms with Gasteiger partial charge < -0.3 is 10.1 Å². The van der Waals surface area contributed by atoms with E-state index in [0.717, 1.165) is 18.7 Å². The summed E-state index contributed by atoms with van der Waals surface area (Å²) in [6, 6.07) is 7.43. The number of carbonyl (C=O) groups is 1. The highest BCUT2D eigenvalue weighted by atomic mass is 16.5. The Hall–Kier alpha value is -1.51. The zero-order chi connectivity index (χ0) is 12.7. The summed E-state index contributed by atoms with van der Waals surface area (Å²) >= 11 is 0. The fourth-order valence-corrected chi connectivity index (χ4v) is 1.41. The van der Waals surface area contributed by atoms with Crippen molar-refractivity contribution in [3.05, 3.63) is 29.8 Å². The van der Waals surface area contributed by atoms with Gasteiger partial charge in [-0.15, -0.1) is 0 Å². The van der Waals surface area contributed by atoms with E-state index in [1.807, 2.05) is 25.1 Å². The second-order valence-electron chi connectivity index (χ2n) is 4.20. The molecule has 0 aliphatic rings. The Morgan fingerprint density at radius 1 is 1.41 bits per heavy atom. The second kappa shape index (κ2) is 6.94. The van der Waals surface area contributed by atoms with Crippen LogP contribution in [0.3, 0.4) is 0 Å². The molecule has 0 aliphatic heterocycles. The van der Waals surface area contributed by atoms with Crippen LogP contribution in [0.1, 0.15) is 37.6 Å². The number of rotatable bonds is 6. The van der Waals surface area contributed by atoms with Gasteiger partial charge in [0.15, 0.2) is 0 Å². The van der Waals surface area contributed by atoms with E-state index in [1.165, 1.54) is 0 Å². The Kier molecular flexibility index (Phi) is 5.53. The SMILES string of the molecule is CCOC(=O)c1cccc(NCC(C)CC)c1. The van der Waals surface area contributed by atoms with Crippen LogP contribution in [-0.2, 0) is 4.74 Å². The average molecular weight is 235 g/mol. The van der Waals surface area contributed by atoms with Crippen molar-refractivity contribution in [2.24, 2.45) is 5.92 Å². The van der Waals surface area contributed by atoms with Crippen molar-refractivity contribution in [2.45, 2.75) is 27.2 Å². The third-order valence-corrected chi connectivity index (χ3v) is 2.73. The van der Waals surface area contributed by atoms with Crippen molar-refractivity contribution >= 4 is 11.7 Å². The van der Waals surface area contributed by atoms with Crippen LogP contribution in [0.15, 0.2) is 24.3 Å². The summed E-state index contributed by atoms with van der Waals surface area (Å²) in [5, 5.41) is 3.32. The third kappa shape index (κ3) is 4.47. The molecule has 0 bridgehead atoms. The smallest absolute Gasteiger partial charge is 0.338 e. The topological polar surface area (TPSA) is 38.3 Å². The quantitative estimate of drug-likeness (QED) is 0.769. The zero-order valence-corrected chi connectivity index (χ0v) is 10.8. The summed E-state index contributed by atoms with van der Waals surface area (Å²) < 4.78 is 4.96. The standard InChI is InChI=1S/C14H21NO2/c1-4-11(3)10-15-13-8-6-7-12(9-13)14(16)17-5-2/h6-9,11,15H,4-5,10H2,1-3H3. The molecule has 0 saturated carbocycles. The molecule has 0 heterocycles. The summed E-state index contributed by atoms with van der Waals surface area (Å²) in [7, 11) is 0. The van der Waals surface area contributed by atoms with Crippen LogP contribution in [0.5, 0.6) is 0 Å². The van der Waals surface area contributed by atoms with Gasteiger partial charge in [0, 0.05) is 12.2 Å². The molecule has 0 aromatic heterocycles. The van der Waals surface area contributed by atoms with E-state index >= 15 is 0 Å². The molecule has 0 radical (unpaired) electrons. The Morgan fingerprint density at radius 2 is 2.18 bits per heavy atom. The van der Waals surface area contributed by atoms with Crippen LogP contribution >= 0.6 is 0 Å². The maximum absolute atomic E-state index is 11.5. The number of hydrogen-bond donors (Lipinski definition) is 1. The number of hydrogen-bond acceptors (Lipinski definition) is 3. The number of ether oxygens (including phenoxy) is 1. The molecule has 0 saturated heterocycles. The Bertz CT molecular complexity index is 363. The molecule has 1 unspecified atom stereocenters. The van der Waals surface area contributed by atoms with Crippen LogP contribution in [-0.4, -0.2) is 19.1 Å². The fraction of sp³-hybridized carbons (Fsp3) is 0.500. The summed E-state index contributed by atoms with van der Waals surface area (Å²) in [5.41, 5.74) is 1.57. The summed E-state index contributed by atoms with van der Waals surface area (Å²) in [6.45, 7) is 7.50. The molecule has 1 atom stereocenters. The maximum atomic E-state index is 11.5. The molecule has 17 heavy (non-hydrogen) atoms. The molecule has 1 aromatic rings. The largest absolute Gasteiger partial charge is 0.462 e. The lowest BCUT2D eigenvalue weighted by atomic mass is 10.1. The minimum atomic E-state index is -0.264. The molecule has 0 aliphatic carbocycles. The lowest BCUT2D eigenvalue weighted by Crippen LogP contribution is -2.11. The van der Waals surface area contributed by atoms with Gasteiger partial charge >= 0.3 is 5.97 Å².